The molecule has 4 rings (SSSR count). The zero-order valence-corrected chi connectivity index (χ0v) is 19.8. The summed E-state index contributed by atoms with van der Waals surface area (Å²) in [6.45, 7) is 3.45. The SMILES string of the molecule is CCCCc1ccc(NS(=O)(=O)c2cccc(C(=O)N3CCC(n4cccc4)CC3)c2)cc1. The molecule has 0 spiro atoms. The number of hydrogen-bond donors (Lipinski definition) is 1. The Kier molecular flexibility index (Phi) is 7.18. The van der Waals surface area contributed by atoms with Crippen LogP contribution in [0, 0.1) is 0 Å². The highest BCUT2D eigenvalue weighted by atomic mass is 32.2. The summed E-state index contributed by atoms with van der Waals surface area (Å²) in [5.74, 6) is -0.127. The van der Waals surface area contributed by atoms with Gasteiger partial charge >= 0.3 is 0 Å². The van der Waals surface area contributed by atoms with Crippen LogP contribution in [0.2, 0.25) is 0 Å². The van der Waals surface area contributed by atoms with Crippen LogP contribution < -0.4 is 4.72 Å². The number of nitrogens with zero attached hydrogens (tertiary/aromatic N) is 2. The predicted molar refractivity (Wildman–Crippen MR) is 131 cm³/mol. The third-order valence-electron chi connectivity index (χ3n) is 6.22. The zero-order chi connectivity index (χ0) is 23.3. The number of aryl methyl sites for hydroxylation is 1. The maximum Gasteiger partial charge on any atom is 0.261 e. The van der Waals surface area contributed by atoms with Crippen molar-refractivity contribution in [3.63, 3.8) is 0 Å². The van der Waals surface area contributed by atoms with Gasteiger partial charge in [0.1, 0.15) is 0 Å². The van der Waals surface area contributed by atoms with Crippen LogP contribution in [0.15, 0.2) is 78.0 Å². The Morgan fingerprint density at radius 2 is 1.70 bits per heavy atom. The quantitative estimate of drug-likeness (QED) is 0.503. The second-order valence-corrected chi connectivity index (χ2v) is 10.3. The van der Waals surface area contributed by atoms with Crippen molar-refractivity contribution in [3.8, 4) is 0 Å². The third kappa shape index (κ3) is 5.66. The number of likely N-dealkylation sites (tertiary alicyclic amines) is 1. The first kappa shape index (κ1) is 23.1. The van der Waals surface area contributed by atoms with Gasteiger partial charge in [-0.3, -0.25) is 9.52 Å². The van der Waals surface area contributed by atoms with E-state index in [1.165, 1.54) is 17.7 Å². The van der Waals surface area contributed by atoms with Crippen LogP contribution in [0.3, 0.4) is 0 Å². The Balaban J connectivity index is 1.41. The van der Waals surface area contributed by atoms with Crippen LogP contribution in [-0.4, -0.2) is 36.9 Å². The fraction of sp³-hybridized carbons (Fsp3) is 0.346. The van der Waals surface area contributed by atoms with Gasteiger partial charge in [-0.25, -0.2) is 8.42 Å². The number of piperidine rings is 1. The van der Waals surface area contributed by atoms with E-state index in [0.29, 0.717) is 30.4 Å². The van der Waals surface area contributed by atoms with Crippen LogP contribution in [0.5, 0.6) is 0 Å². The summed E-state index contributed by atoms with van der Waals surface area (Å²) >= 11 is 0. The van der Waals surface area contributed by atoms with E-state index in [1.807, 2.05) is 29.2 Å². The minimum atomic E-state index is -3.79. The second-order valence-electron chi connectivity index (χ2n) is 8.59. The van der Waals surface area contributed by atoms with Crippen LogP contribution >= 0.6 is 0 Å². The topological polar surface area (TPSA) is 71.4 Å². The van der Waals surface area contributed by atoms with E-state index in [0.717, 1.165) is 32.1 Å². The summed E-state index contributed by atoms with van der Waals surface area (Å²) in [7, 11) is -3.79. The molecule has 0 saturated carbocycles. The molecule has 3 aromatic rings. The summed E-state index contributed by atoms with van der Waals surface area (Å²) in [5.41, 5.74) is 2.10. The molecule has 1 fully saturated rings. The molecule has 6 nitrogen and oxygen atoms in total. The predicted octanol–water partition coefficient (Wildman–Crippen LogP) is 5.11. The fourth-order valence-electron chi connectivity index (χ4n) is 4.27. The number of nitrogens with one attached hydrogen (secondary N) is 1. The number of unbranched alkanes of at least 4 members (excludes halogenated alkanes) is 1. The molecule has 0 unspecified atom stereocenters. The average molecular weight is 466 g/mol. The van der Waals surface area contributed by atoms with Crippen molar-refractivity contribution in [2.24, 2.45) is 0 Å². The van der Waals surface area contributed by atoms with Gasteiger partial charge in [0.25, 0.3) is 15.9 Å². The van der Waals surface area contributed by atoms with E-state index in [1.54, 1.807) is 24.3 Å². The number of carbonyl (C=O) groups excluding carboxylic acids is 1. The lowest BCUT2D eigenvalue weighted by molar-refractivity contribution is 0.0694. The summed E-state index contributed by atoms with van der Waals surface area (Å²) < 4.78 is 30.7. The molecule has 2 heterocycles. The van der Waals surface area contributed by atoms with Gasteiger partial charge in [-0.05, 0) is 73.7 Å². The molecule has 1 amide bonds. The second kappa shape index (κ2) is 10.3. The van der Waals surface area contributed by atoms with Crippen LogP contribution in [0.1, 0.15) is 54.6 Å². The van der Waals surface area contributed by atoms with Gasteiger partial charge in [0, 0.05) is 42.8 Å². The van der Waals surface area contributed by atoms with Gasteiger partial charge < -0.3 is 9.47 Å². The molecule has 174 valence electrons. The Labute approximate surface area is 196 Å². The van der Waals surface area contributed by atoms with Gasteiger partial charge in [0.2, 0.25) is 0 Å². The first-order valence-electron chi connectivity index (χ1n) is 11.6. The Bertz CT molecular complexity index is 1160. The minimum Gasteiger partial charge on any atom is -0.351 e. The highest BCUT2D eigenvalue weighted by Gasteiger charge is 2.25. The maximum absolute atomic E-state index is 13.1. The van der Waals surface area contributed by atoms with Crippen molar-refractivity contribution >= 4 is 21.6 Å². The van der Waals surface area contributed by atoms with Gasteiger partial charge in [-0.2, -0.15) is 0 Å². The van der Waals surface area contributed by atoms with Crippen molar-refractivity contribution in [1.82, 2.24) is 9.47 Å². The first-order chi connectivity index (χ1) is 16.0. The van der Waals surface area contributed by atoms with E-state index in [4.69, 9.17) is 0 Å². The molecule has 0 aliphatic carbocycles. The lowest BCUT2D eigenvalue weighted by Gasteiger charge is -2.33. The van der Waals surface area contributed by atoms with Gasteiger partial charge in [-0.15, -0.1) is 0 Å². The standard InChI is InChI=1S/C26H31N3O3S/c1-2-3-7-21-10-12-23(13-11-21)27-33(31,32)25-9-6-8-22(20-25)26(30)29-18-14-24(15-19-29)28-16-4-5-17-28/h4-6,8-13,16-17,20,24,27H,2-3,7,14-15,18-19H2,1H3. The average Bonchev–Trinajstić information content (AvgIpc) is 3.38. The number of benzene rings is 2. The van der Waals surface area contributed by atoms with E-state index < -0.39 is 10.0 Å². The largest absolute Gasteiger partial charge is 0.351 e. The number of amides is 1. The van der Waals surface area contributed by atoms with Crippen molar-refractivity contribution in [1.29, 1.82) is 0 Å². The summed E-state index contributed by atoms with van der Waals surface area (Å²) in [4.78, 5) is 15.0. The van der Waals surface area contributed by atoms with Crippen molar-refractivity contribution < 1.29 is 13.2 Å². The number of sulfonamides is 1. The molecule has 33 heavy (non-hydrogen) atoms. The monoisotopic (exact) mass is 465 g/mol. The first-order valence-corrected chi connectivity index (χ1v) is 13.1. The molecule has 7 heteroatoms. The molecule has 0 radical (unpaired) electrons. The van der Waals surface area contributed by atoms with Gasteiger partial charge in [0.15, 0.2) is 0 Å². The van der Waals surface area contributed by atoms with Crippen molar-refractivity contribution in [2.75, 3.05) is 17.8 Å². The van der Waals surface area contributed by atoms with E-state index in [9.17, 15) is 13.2 Å². The van der Waals surface area contributed by atoms with Gasteiger partial charge in [-0.1, -0.05) is 31.5 Å². The lowest BCUT2D eigenvalue weighted by Crippen LogP contribution is -2.39. The van der Waals surface area contributed by atoms with Crippen molar-refractivity contribution in [3.05, 3.63) is 84.2 Å². The number of hydrogen-bond acceptors (Lipinski definition) is 3. The Hall–Kier alpha value is -3.06. The number of aromatic nitrogens is 1. The minimum absolute atomic E-state index is 0.0886. The molecule has 1 aromatic heterocycles. The molecular weight excluding hydrogens is 434 g/mol. The summed E-state index contributed by atoms with van der Waals surface area (Å²) in [5, 5.41) is 0. The molecule has 1 saturated heterocycles. The van der Waals surface area contributed by atoms with Crippen LogP contribution in [0.25, 0.3) is 0 Å². The molecule has 1 N–H and O–H groups in total. The van der Waals surface area contributed by atoms with Crippen LogP contribution in [-0.2, 0) is 16.4 Å². The van der Waals surface area contributed by atoms with Crippen molar-refractivity contribution in [2.45, 2.75) is 50.0 Å². The normalized spacial score (nSPS) is 14.9. The maximum atomic E-state index is 13.1. The van der Waals surface area contributed by atoms with Gasteiger partial charge in [0.05, 0.1) is 4.90 Å². The Morgan fingerprint density at radius 3 is 2.36 bits per heavy atom. The highest BCUT2D eigenvalue weighted by Crippen LogP contribution is 2.25. The Morgan fingerprint density at radius 1 is 1.00 bits per heavy atom. The van der Waals surface area contributed by atoms with E-state index in [-0.39, 0.29) is 10.8 Å². The lowest BCUT2D eigenvalue weighted by atomic mass is 10.0. The smallest absolute Gasteiger partial charge is 0.261 e. The third-order valence-corrected chi connectivity index (χ3v) is 7.60. The number of carbonyl (C=O) groups is 1. The number of rotatable bonds is 8. The molecule has 0 bridgehead atoms. The summed E-state index contributed by atoms with van der Waals surface area (Å²) in [6, 6.07) is 18.2. The van der Waals surface area contributed by atoms with Crippen LogP contribution in [0.4, 0.5) is 5.69 Å². The molecule has 1 aliphatic heterocycles. The summed E-state index contributed by atoms with van der Waals surface area (Å²) in [6.07, 6.45) is 9.09. The highest BCUT2D eigenvalue weighted by molar-refractivity contribution is 7.92. The number of anilines is 1. The van der Waals surface area contributed by atoms with E-state index >= 15 is 0 Å². The molecule has 0 atom stereocenters. The van der Waals surface area contributed by atoms with E-state index in [2.05, 4.69) is 28.6 Å². The fourth-order valence-corrected chi connectivity index (χ4v) is 5.38. The zero-order valence-electron chi connectivity index (χ0n) is 19.0. The molecule has 1 aliphatic rings. The molecular formula is C26H31N3O3S. The molecule has 2 aromatic carbocycles.